The smallest absolute Gasteiger partial charge is 0.229 e. The molecule has 29 heavy (non-hydrogen) atoms. The van der Waals surface area contributed by atoms with Gasteiger partial charge in [0.1, 0.15) is 5.82 Å². The number of likely N-dealkylation sites (N-methyl/N-ethyl adjacent to an activating group) is 1. The zero-order chi connectivity index (χ0) is 20.2. The molecular weight excluding hydrogens is 382 g/mol. The zero-order valence-corrected chi connectivity index (χ0v) is 17.9. The minimum Gasteiger partial charge on any atom is -0.338 e. The van der Waals surface area contributed by atoms with Gasteiger partial charge in [0.25, 0.3) is 0 Å². The highest BCUT2D eigenvalue weighted by atomic mass is 32.2. The van der Waals surface area contributed by atoms with E-state index in [0.29, 0.717) is 10.3 Å². The Labute approximate surface area is 175 Å². The number of aromatic nitrogens is 5. The van der Waals surface area contributed by atoms with Gasteiger partial charge in [-0.15, -0.1) is 0 Å². The molecule has 0 saturated carbocycles. The lowest BCUT2D eigenvalue weighted by Gasteiger charge is -2.32. The number of rotatable bonds is 5. The Bertz CT molecular complexity index is 969. The van der Waals surface area contributed by atoms with Crippen LogP contribution in [-0.2, 0) is 6.42 Å². The number of benzene rings is 1. The summed E-state index contributed by atoms with van der Waals surface area (Å²) in [7, 11) is 2.14. The van der Waals surface area contributed by atoms with Gasteiger partial charge in [0.2, 0.25) is 11.1 Å². The van der Waals surface area contributed by atoms with Crippen LogP contribution in [-0.4, -0.2) is 63.0 Å². The Hall–Kier alpha value is -2.58. The van der Waals surface area contributed by atoms with Crippen LogP contribution in [0.5, 0.6) is 0 Å². The molecule has 0 radical (unpaired) electrons. The minimum atomic E-state index is 0.639. The van der Waals surface area contributed by atoms with Gasteiger partial charge in [-0.05, 0) is 31.8 Å². The van der Waals surface area contributed by atoms with Gasteiger partial charge in [0, 0.05) is 44.4 Å². The van der Waals surface area contributed by atoms with E-state index >= 15 is 0 Å². The van der Waals surface area contributed by atoms with E-state index < -0.39 is 0 Å². The molecule has 0 amide bonds. The van der Waals surface area contributed by atoms with Crippen molar-refractivity contribution in [3.8, 4) is 11.3 Å². The van der Waals surface area contributed by atoms with E-state index in [9.17, 15) is 0 Å². The Morgan fingerprint density at radius 1 is 0.897 bits per heavy atom. The van der Waals surface area contributed by atoms with Crippen molar-refractivity contribution in [1.82, 2.24) is 29.8 Å². The lowest BCUT2D eigenvalue weighted by Crippen LogP contribution is -2.45. The fourth-order valence-corrected chi connectivity index (χ4v) is 3.79. The maximum Gasteiger partial charge on any atom is 0.229 e. The largest absolute Gasteiger partial charge is 0.338 e. The third kappa shape index (κ3) is 4.89. The molecule has 4 rings (SSSR count). The molecule has 1 fully saturated rings. The van der Waals surface area contributed by atoms with Crippen molar-refractivity contribution in [2.45, 2.75) is 30.6 Å². The monoisotopic (exact) mass is 407 g/mol. The first-order valence-corrected chi connectivity index (χ1v) is 10.7. The van der Waals surface area contributed by atoms with Crippen molar-refractivity contribution >= 4 is 17.7 Å². The Morgan fingerprint density at radius 2 is 1.66 bits per heavy atom. The van der Waals surface area contributed by atoms with Crippen molar-refractivity contribution < 1.29 is 0 Å². The van der Waals surface area contributed by atoms with E-state index in [2.05, 4.69) is 69.9 Å². The number of hydrogen-bond acceptors (Lipinski definition) is 8. The molecule has 150 valence electrons. The average Bonchev–Trinajstić information content (AvgIpc) is 2.74. The Kier molecular flexibility index (Phi) is 6.01. The van der Waals surface area contributed by atoms with E-state index in [1.807, 2.05) is 6.07 Å². The van der Waals surface area contributed by atoms with Gasteiger partial charge in [-0.3, -0.25) is 0 Å². The maximum absolute atomic E-state index is 4.71. The summed E-state index contributed by atoms with van der Waals surface area (Å²) < 4.78 is 0. The van der Waals surface area contributed by atoms with Crippen LogP contribution in [0.2, 0.25) is 0 Å². The normalized spacial score (nSPS) is 14.9. The van der Waals surface area contributed by atoms with Crippen LogP contribution in [0.25, 0.3) is 11.3 Å². The highest BCUT2D eigenvalue weighted by molar-refractivity contribution is 7.99. The minimum absolute atomic E-state index is 0.639. The third-order valence-electron chi connectivity index (χ3n) is 4.92. The molecule has 0 bridgehead atoms. The molecule has 1 aliphatic heterocycles. The summed E-state index contributed by atoms with van der Waals surface area (Å²) >= 11 is 1.39. The summed E-state index contributed by atoms with van der Waals surface area (Å²) in [4.78, 5) is 27.6. The predicted octanol–water partition coefficient (Wildman–Crippen LogP) is 3.10. The topological polar surface area (TPSA) is 70.9 Å². The highest BCUT2D eigenvalue weighted by Gasteiger charge is 2.19. The fourth-order valence-electron chi connectivity index (χ4n) is 3.09. The van der Waals surface area contributed by atoms with Crippen LogP contribution in [0.15, 0.2) is 46.8 Å². The van der Waals surface area contributed by atoms with E-state index in [-0.39, 0.29) is 0 Å². The molecule has 1 saturated heterocycles. The number of nitrogens with zero attached hydrogens (tertiary/aromatic N) is 7. The average molecular weight is 408 g/mol. The molecule has 2 aromatic heterocycles. The van der Waals surface area contributed by atoms with E-state index in [1.54, 1.807) is 6.20 Å². The zero-order valence-electron chi connectivity index (χ0n) is 17.0. The van der Waals surface area contributed by atoms with Crippen LogP contribution in [0.4, 0.5) is 5.95 Å². The van der Waals surface area contributed by atoms with Crippen molar-refractivity contribution in [2.75, 3.05) is 38.1 Å². The second kappa shape index (κ2) is 8.84. The van der Waals surface area contributed by atoms with Crippen molar-refractivity contribution in [1.29, 1.82) is 0 Å². The molecule has 0 unspecified atom stereocenters. The standard InChI is InChI=1S/C21H25N7S/c1-4-18-24-19(28-13-11-27(3)12-14-28)26-21(25-18)29-20-22-10-9-17(23-20)16-7-5-15(2)6-8-16/h5-10H,4,11-14H2,1-3H3. The molecule has 0 aliphatic carbocycles. The summed E-state index contributed by atoms with van der Waals surface area (Å²) in [5.74, 6) is 1.55. The molecule has 3 aromatic rings. The van der Waals surface area contributed by atoms with Gasteiger partial charge in [-0.1, -0.05) is 36.8 Å². The quantitative estimate of drug-likeness (QED) is 0.598. The summed E-state index contributed by atoms with van der Waals surface area (Å²) in [6, 6.07) is 10.3. The van der Waals surface area contributed by atoms with Gasteiger partial charge in [-0.2, -0.15) is 9.97 Å². The SMILES string of the molecule is CCc1nc(Sc2nccc(-c3ccc(C)cc3)n2)nc(N2CCN(C)CC2)n1. The first kappa shape index (κ1) is 19.7. The number of aryl methyl sites for hydroxylation is 2. The van der Waals surface area contributed by atoms with E-state index in [4.69, 9.17) is 9.97 Å². The Morgan fingerprint density at radius 3 is 2.38 bits per heavy atom. The first-order chi connectivity index (χ1) is 14.1. The molecule has 0 spiro atoms. The molecule has 0 N–H and O–H groups in total. The van der Waals surface area contributed by atoms with Crippen LogP contribution < -0.4 is 4.90 Å². The second-order valence-electron chi connectivity index (χ2n) is 7.17. The summed E-state index contributed by atoms with van der Waals surface area (Å²) in [6.07, 6.45) is 2.55. The number of anilines is 1. The highest BCUT2D eigenvalue weighted by Crippen LogP contribution is 2.26. The lowest BCUT2D eigenvalue weighted by molar-refractivity contribution is 0.310. The maximum atomic E-state index is 4.71. The third-order valence-corrected chi connectivity index (χ3v) is 5.66. The van der Waals surface area contributed by atoms with Gasteiger partial charge in [0.05, 0.1) is 5.69 Å². The van der Waals surface area contributed by atoms with E-state index in [0.717, 1.165) is 55.6 Å². The van der Waals surface area contributed by atoms with Crippen molar-refractivity contribution in [3.63, 3.8) is 0 Å². The molecule has 8 heteroatoms. The molecule has 1 aromatic carbocycles. The molecule has 0 atom stereocenters. The predicted molar refractivity (Wildman–Crippen MR) is 115 cm³/mol. The van der Waals surface area contributed by atoms with Crippen molar-refractivity contribution in [3.05, 3.63) is 47.9 Å². The summed E-state index contributed by atoms with van der Waals surface area (Å²) in [5.41, 5.74) is 3.19. The second-order valence-corrected chi connectivity index (χ2v) is 8.11. The molecule has 7 nitrogen and oxygen atoms in total. The van der Waals surface area contributed by atoms with Gasteiger partial charge in [-0.25, -0.2) is 15.0 Å². The lowest BCUT2D eigenvalue weighted by atomic mass is 10.1. The number of hydrogen-bond donors (Lipinski definition) is 0. The first-order valence-electron chi connectivity index (χ1n) is 9.87. The number of piperazine rings is 1. The van der Waals surface area contributed by atoms with E-state index in [1.165, 1.54) is 17.3 Å². The van der Waals surface area contributed by atoms with Crippen LogP contribution in [0.3, 0.4) is 0 Å². The van der Waals surface area contributed by atoms with Gasteiger partial charge >= 0.3 is 0 Å². The van der Waals surface area contributed by atoms with Crippen LogP contribution in [0.1, 0.15) is 18.3 Å². The van der Waals surface area contributed by atoms with Gasteiger partial charge < -0.3 is 9.80 Å². The van der Waals surface area contributed by atoms with Crippen LogP contribution in [0, 0.1) is 6.92 Å². The fraction of sp³-hybridized carbons (Fsp3) is 0.381. The summed E-state index contributed by atoms with van der Waals surface area (Å²) in [6.45, 7) is 8.01. The Balaban J connectivity index is 1.58. The van der Waals surface area contributed by atoms with Crippen LogP contribution >= 0.6 is 11.8 Å². The molecule has 3 heterocycles. The molecule has 1 aliphatic rings. The van der Waals surface area contributed by atoms with Crippen molar-refractivity contribution in [2.24, 2.45) is 0 Å². The summed E-state index contributed by atoms with van der Waals surface area (Å²) in [5, 5.41) is 1.28. The van der Waals surface area contributed by atoms with Gasteiger partial charge in [0.15, 0.2) is 5.16 Å². The molecular formula is C21H25N7S.